The fourth-order valence-electron chi connectivity index (χ4n) is 1.16. The number of aromatic nitrogens is 4. The largest absolute Gasteiger partial charge is 0.229 e. The smallest absolute Gasteiger partial charge is 0.150 e. The minimum absolute atomic E-state index is 0.851. The first-order chi connectivity index (χ1) is 5.40. The Morgan fingerprint density at radius 1 is 1.55 bits per heavy atom. The Labute approximate surface area is 65.6 Å². The van der Waals surface area contributed by atoms with Crippen LogP contribution >= 0.6 is 0 Å². The van der Waals surface area contributed by atoms with E-state index in [2.05, 4.69) is 22.4 Å². The van der Waals surface area contributed by atoms with Crippen LogP contribution < -0.4 is 0 Å². The third-order valence-electron chi connectivity index (χ3n) is 2.05. The van der Waals surface area contributed by atoms with E-state index in [9.17, 15) is 0 Å². The molecule has 1 aromatic rings. The maximum atomic E-state index is 3.92. The number of hydrogen-bond acceptors (Lipinski definition) is 3. The van der Waals surface area contributed by atoms with Gasteiger partial charge < -0.3 is 0 Å². The van der Waals surface area contributed by atoms with Crippen LogP contribution in [0.5, 0.6) is 0 Å². The lowest BCUT2D eigenvalue weighted by Gasteiger charge is -1.98. The van der Waals surface area contributed by atoms with Crippen molar-refractivity contribution in [1.82, 2.24) is 20.2 Å². The highest BCUT2D eigenvalue weighted by atomic mass is 15.5. The Morgan fingerprint density at radius 2 is 2.36 bits per heavy atom. The minimum atomic E-state index is 0.851. The number of nitrogens with zero attached hydrogens (tertiary/aromatic N) is 4. The van der Waals surface area contributed by atoms with Crippen LogP contribution in [0.4, 0.5) is 0 Å². The summed E-state index contributed by atoms with van der Waals surface area (Å²) in [7, 11) is 0. The van der Waals surface area contributed by atoms with Gasteiger partial charge >= 0.3 is 0 Å². The molecule has 60 valence electrons. The molecule has 1 saturated carbocycles. The zero-order valence-corrected chi connectivity index (χ0v) is 6.69. The highest BCUT2D eigenvalue weighted by Crippen LogP contribution is 2.30. The molecular weight excluding hydrogens is 140 g/mol. The van der Waals surface area contributed by atoms with Gasteiger partial charge in [0.15, 0.2) is 5.82 Å². The first-order valence-electron chi connectivity index (χ1n) is 4.15. The molecule has 0 bridgehead atoms. The van der Waals surface area contributed by atoms with Crippen molar-refractivity contribution in [3.05, 3.63) is 5.82 Å². The second kappa shape index (κ2) is 2.60. The molecule has 2 rings (SSSR count). The number of rotatable bonds is 3. The van der Waals surface area contributed by atoms with Crippen molar-refractivity contribution in [2.24, 2.45) is 5.92 Å². The van der Waals surface area contributed by atoms with Crippen LogP contribution in [-0.2, 0) is 13.0 Å². The Morgan fingerprint density at radius 3 is 3.00 bits per heavy atom. The second-order valence-corrected chi connectivity index (χ2v) is 3.07. The van der Waals surface area contributed by atoms with Gasteiger partial charge in [-0.15, -0.1) is 5.10 Å². The molecule has 0 atom stereocenters. The summed E-state index contributed by atoms with van der Waals surface area (Å²) in [5.74, 6) is 1.86. The standard InChI is InChI=1S/C7H12N4/c1-2-7-8-9-10-11(7)5-6-3-4-6/h6H,2-5H2,1H3. The lowest BCUT2D eigenvalue weighted by atomic mass is 10.4. The SMILES string of the molecule is CCc1nnnn1CC1CC1. The summed E-state index contributed by atoms with van der Waals surface area (Å²) in [6.45, 7) is 3.10. The first kappa shape index (κ1) is 6.76. The van der Waals surface area contributed by atoms with E-state index in [4.69, 9.17) is 0 Å². The van der Waals surface area contributed by atoms with Crippen LogP contribution in [0, 0.1) is 5.92 Å². The predicted octanol–water partition coefficient (Wildman–Crippen LogP) is 0.645. The summed E-state index contributed by atoms with van der Waals surface area (Å²) < 4.78 is 1.93. The quantitative estimate of drug-likeness (QED) is 0.638. The molecule has 4 heteroatoms. The van der Waals surface area contributed by atoms with Crippen molar-refractivity contribution in [3.8, 4) is 0 Å². The van der Waals surface area contributed by atoms with Gasteiger partial charge in [0.05, 0.1) is 0 Å². The topological polar surface area (TPSA) is 43.6 Å². The van der Waals surface area contributed by atoms with Crippen LogP contribution in [0.2, 0.25) is 0 Å². The van der Waals surface area contributed by atoms with E-state index in [1.54, 1.807) is 0 Å². The molecule has 4 nitrogen and oxygen atoms in total. The Balaban J connectivity index is 2.07. The second-order valence-electron chi connectivity index (χ2n) is 3.07. The summed E-state index contributed by atoms with van der Waals surface area (Å²) in [5, 5.41) is 11.5. The molecule has 1 aromatic heterocycles. The average Bonchev–Trinajstić information content (AvgIpc) is 2.68. The van der Waals surface area contributed by atoms with Gasteiger partial charge in [-0.25, -0.2) is 4.68 Å². The van der Waals surface area contributed by atoms with Crippen LogP contribution in [0.15, 0.2) is 0 Å². The predicted molar refractivity (Wildman–Crippen MR) is 39.9 cm³/mol. The molecule has 0 spiro atoms. The van der Waals surface area contributed by atoms with Gasteiger partial charge in [-0.3, -0.25) is 0 Å². The van der Waals surface area contributed by atoms with E-state index in [0.717, 1.165) is 24.7 Å². The van der Waals surface area contributed by atoms with Gasteiger partial charge in [0.2, 0.25) is 0 Å². The number of hydrogen-bond donors (Lipinski definition) is 0. The molecule has 1 heterocycles. The van der Waals surface area contributed by atoms with Crippen LogP contribution in [0.3, 0.4) is 0 Å². The van der Waals surface area contributed by atoms with Crippen molar-refractivity contribution in [3.63, 3.8) is 0 Å². The molecule has 0 amide bonds. The van der Waals surface area contributed by atoms with Gasteiger partial charge in [0.25, 0.3) is 0 Å². The highest BCUT2D eigenvalue weighted by molar-refractivity contribution is 4.82. The Bertz CT molecular complexity index is 238. The maximum Gasteiger partial charge on any atom is 0.150 e. The zero-order valence-electron chi connectivity index (χ0n) is 6.69. The van der Waals surface area contributed by atoms with Crippen molar-refractivity contribution >= 4 is 0 Å². The lowest BCUT2D eigenvalue weighted by Crippen LogP contribution is -2.06. The molecule has 0 aliphatic heterocycles. The zero-order chi connectivity index (χ0) is 7.68. The van der Waals surface area contributed by atoms with Crippen molar-refractivity contribution in [2.45, 2.75) is 32.7 Å². The van der Waals surface area contributed by atoms with E-state index in [-0.39, 0.29) is 0 Å². The number of aryl methyl sites for hydroxylation is 1. The van der Waals surface area contributed by atoms with E-state index >= 15 is 0 Å². The van der Waals surface area contributed by atoms with Gasteiger partial charge in [-0.05, 0) is 29.2 Å². The molecule has 0 saturated heterocycles. The minimum Gasteiger partial charge on any atom is -0.229 e. The van der Waals surface area contributed by atoms with E-state index < -0.39 is 0 Å². The van der Waals surface area contributed by atoms with Crippen LogP contribution in [0.25, 0.3) is 0 Å². The fraction of sp³-hybridized carbons (Fsp3) is 0.857. The van der Waals surface area contributed by atoms with Gasteiger partial charge in [-0.1, -0.05) is 6.92 Å². The monoisotopic (exact) mass is 152 g/mol. The molecule has 0 aromatic carbocycles. The summed E-state index contributed by atoms with van der Waals surface area (Å²) in [4.78, 5) is 0. The van der Waals surface area contributed by atoms with Crippen LogP contribution in [0.1, 0.15) is 25.6 Å². The lowest BCUT2D eigenvalue weighted by molar-refractivity contribution is 0.525. The van der Waals surface area contributed by atoms with Crippen molar-refractivity contribution < 1.29 is 0 Å². The van der Waals surface area contributed by atoms with Crippen LogP contribution in [-0.4, -0.2) is 20.2 Å². The molecule has 1 fully saturated rings. The normalized spacial score (nSPS) is 17.2. The summed E-state index contributed by atoms with van der Waals surface area (Å²) in [6.07, 6.45) is 3.63. The van der Waals surface area contributed by atoms with Gasteiger partial charge in [0, 0.05) is 13.0 Å². The molecule has 0 N–H and O–H groups in total. The first-order valence-corrected chi connectivity index (χ1v) is 4.15. The third kappa shape index (κ3) is 1.39. The van der Waals surface area contributed by atoms with Crippen molar-refractivity contribution in [1.29, 1.82) is 0 Å². The molecule has 11 heavy (non-hydrogen) atoms. The molecule has 1 aliphatic carbocycles. The Kier molecular flexibility index (Phi) is 1.60. The maximum absolute atomic E-state index is 3.92. The summed E-state index contributed by atoms with van der Waals surface area (Å²) in [5.41, 5.74) is 0. The van der Waals surface area contributed by atoms with E-state index in [1.165, 1.54) is 12.8 Å². The third-order valence-corrected chi connectivity index (χ3v) is 2.05. The summed E-state index contributed by atoms with van der Waals surface area (Å²) in [6, 6.07) is 0. The van der Waals surface area contributed by atoms with Crippen molar-refractivity contribution in [2.75, 3.05) is 0 Å². The molecule has 0 radical (unpaired) electrons. The molecular formula is C7H12N4. The van der Waals surface area contributed by atoms with E-state index in [0.29, 0.717) is 0 Å². The highest BCUT2D eigenvalue weighted by Gasteiger charge is 2.23. The Hall–Kier alpha value is -0.930. The molecule has 1 aliphatic rings. The number of tetrazole rings is 1. The van der Waals surface area contributed by atoms with Gasteiger partial charge in [0.1, 0.15) is 0 Å². The summed E-state index contributed by atoms with van der Waals surface area (Å²) >= 11 is 0. The fourth-order valence-corrected chi connectivity index (χ4v) is 1.16. The average molecular weight is 152 g/mol. The molecule has 0 unspecified atom stereocenters. The van der Waals surface area contributed by atoms with Gasteiger partial charge in [-0.2, -0.15) is 0 Å². The van der Waals surface area contributed by atoms with E-state index in [1.807, 2.05) is 4.68 Å².